The lowest BCUT2D eigenvalue weighted by Crippen LogP contribution is -2.60. The minimum absolute atomic E-state index is 0.427. The summed E-state index contributed by atoms with van der Waals surface area (Å²) >= 11 is 0. The van der Waals surface area contributed by atoms with Crippen LogP contribution in [0.15, 0.2) is 55.1 Å². The van der Waals surface area contributed by atoms with Crippen LogP contribution in [0.4, 0.5) is 0 Å². The molecule has 0 radical (unpaired) electrons. The van der Waals surface area contributed by atoms with Crippen molar-refractivity contribution in [3.05, 3.63) is 60.7 Å². The fraction of sp³-hybridized carbons (Fsp3) is 0.368. The van der Waals surface area contributed by atoms with Gasteiger partial charge in [0, 0.05) is 0 Å². The Bertz CT molecular complexity index is 619. The molecule has 0 aromatic heterocycles. The van der Waals surface area contributed by atoms with E-state index in [9.17, 15) is 20.4 Å². The van der Waals surface area contributed by atoms with Crippen molar-refractivity contribution in [3.63, 3.8) is 0 Å². The average Bonchev–Trinajstić information content (AvgIpc) is 2.64. The topological polar surface area (TPSA) is 99.4 Å². The van der Waals surface area contributed by atoms with E-state index in [1.54, 1.807) is 18.2 Å². The summed E-state index contributed by atoms with van der Waals surface area (Å²) in [6.07, 6.45) is 0.940. The van der Waals surface area contributed by atoms with Crippen LogP contribution in [-0.2, 0) is 4.74 Å². The van der Waals surface area contributed by atoms with Gasteiger partial charge < -0.3 is 29.9 Å². The molecule has 6 nitrogen and oxygen atoms in total. The number of allylic oxidation sites excluding steroid dienone is 5. The Hall–Kier alpha value is -1.96. The normalized spacial score (nSPS) is 30.4. The molecule has 2 rings (SSSR count). The largest absolute Gasteiger partial charge is 0.462 e. The van der Waals surface area contributed by atoms with Crippen LogP contribution >= 0.6 is 0 Å². The number of aliphatic hydroxyl groups is 4. The van der Waals surface area contributed by atoms with Gasteiger partial charge in [0.2, 0.25) is 6.29 Å². The molecular weight excluding hydrogens is 324 g/mol. The van der Waals surface area contributed by atoms with Gasteiger partial charge in [0.25, 0.3) is 0 Å². The van der Waals surface area contributed by atoms with Crippen molar-refractivity contribution in [1.82, 2.24) is 0 Å². The number of aliphatic hydroxyl groups excluding tert-OH is 4. The van der Waals surface area contributed by atoms with Gasteiger partial charge >= 0.3 is 0 Å². The molecule has 1 aromatic rings. The van der Waals surface area contributed by atoms with Gasteiger partial charge in [-0.15, -0.1) is 0 Å². The molecule has 1 aliphatic rings. The fourth-order valence-electron chi connectivity index (χ4n) is 2.56. The molecule has 5 unspecified atom stereocenters. The van der Waals surface area contributed by atoms with Crippen LogP contribution in [0.5, 0.6) is 5.75 Å². The van der Waals surface area contributed by atoms with Crippen molar-refractivity contribution in [3.8, 4) is 5.75 Å². The van der Waals surface area contributed by atoms with E-state index in [4.69, 9.17) is 9.47 Å². The Balaban J connectivity index is 2.10. The highest BCUT2D eigenvalue weighted by atomic mass is 16.7. The zero-order chi connectivity index (χ0) is 18.4. The average molecular weight is 348 g/mol. The fourth-order valence-corrected chi connectivity index (χ4v) is 2.56. The molecule has 6 heteroatoms. The van der Waals surface area contributed by atoms with Gasteiger partial charge in [0.1, 0.15) is 30.2 Å². The molecule has 0 aliphatic carbocycles. The number of hydrogen-bond acceptors (Lipinski definition) is 6. The second kappa shape index (κ2) is 8.94. The minimum atomic E-state index is -1.46. The minimum Gasteiger partial charge on any atom is -0.462 e. The first kappa shape index (κ1) is 19.4. The van der Waals surface area contributed by atoms with Gasteiger partial charge in [-0.1, -0.05) is 43.0 Å². The molecular formula is C19H24O6. The summed E-state index contributed by atoms with van der Waals surface area (Å²) < 4.78 is 10.9. The highest BCUT2D eigenvalue weighted by Crippen LogP contribution is 2.26. The summed E-state index contributed by atoms with van der Waals surface area (Å²) in [4.78, 5) is 0. The first-order valence-corrected chi connectivity index (χ1v) is 8.04. The highest BCUT2D eigenvalue weighted by Gasteiger charge is 2.44. The third-order valence-electron chi connectivity index (χ3n) is 4.01. The second-order valence-corrected chi connectivity index (χ2v) is 5.68. The quantitative estimate of drug-likeness (QED) is 0.573. The molecule has 25 heavy (non-hydrogen) atoms. The third kappa shape index (κ3) is 4.56. The van der Waals surface area contributed by atoms with Gasteiger partial charge in [0.15, 0.2) is 0 Å². The van der Waals surface area contributed by atoms with E-state index in [0.29, 0.717) is 5.75 Å². The van der Waals surface area contributed by atoms with E-state index in [2.05, 4.69) is 6.58 Å². The van der Waals surface area contributed by atoms with Gasteiger partial charge in [-0.05, 0) is 30.2 Å². The highest BCUT2D eigenvalue weighted by molar-refractivity contribution is 5.74. The predicted molar refractivity (Wildman–Crippen MR) is 93.8 cm³/mol. The van der Waals surface area contributed by atoms with Crippen LogP contribution in [0.1, 0.15) is 12.5 Å². The van der Waals surface area contributed by atoms with E-state index < -0.39 is 37.3 Å². The molecule has 1 saturated heterocycles. The Kier molecular flexibility index (Phi) is 6.92. The molecule has 0 spiro atoms. The Morgan fingerprint density at radius 3 is 2.40 bits per heavy atom. The van der Waals surface area contributed by atoms with Crippen LogP contribution < -0.4 is 4.74 Å². The second-order valence-electron chi connectivity index (χ2n) is 5.68. The molecule has 0 bridgehead atoms. The lowest BCUT2D eigenvalue weighted by atomic mass is 9.99. The van der Waals surface area contributed by atoms with Crippen LogP contribution in [0.3, 0.4) is 0 Å². The van der Waals surface area contributed by atoms with Crippen molar-refractivity contribution in [1.29, 1.82) is 0 Å². The summed E-state index contributed by atoms with van der Waals surface area (Å²) in [6, 6.07) is 7.12. The summed E-state index contributed by atoms with van der Waals surface area (Å²) in [7, 11) is 0. The zero-order valence-corrected chi connectivity index (χ0v) is 14.0. The van der Waals surface area contributed by atoms with Gasteiger partial charge in [-0.3, -0.25) is 0 Å². The standard InChI is InChI=1S/C19H24O6/c1-3-5-6-12(4-2)13-7-9-14(10-8-13)24-19-18(23)17(22)16(21)15(11-20)25-19/h3-10,15-23H,1,11H2,2H3/b6-5-,12-4+. The van der Waals surface area contributed by atoms with Crippen molar-refractivity contribution < 1.29 is 29.9 Å². The smallest absolute Gasteiger partial charge is 0.229 e. The van der Waals surface area contributed by atoms with Crippen LogP contribution in [0.25, 0.3) is 5.57 Å². The summed E-state index contributed by atoms with van der Waals surface area (Å²) in [5.74, 6) is 0.427. The van der Waals surface area contributed by atoms with E-state index >= 15 is 0 Å². The maximum absolute atomic E-state index is 9.99. The molecule has 1 fully saturated rings. The SMILES string of the molecule is C=C/C=C\C(=C/C)c1ccc(OC2OC(CO)C(O)C(O)C2O)cc1. The first-order chi connectivity index (χ1) is 12.0. The monoisotopic (exact) mass is 348 g/mol. The van der Waals surface area contributed by atoms with E-state index in [-0.39, 0.29) is 0 Å². The van der Waals surface area contributed by atoms with Crippen molar-refractivity contribution in [2.75, 3.05) is 6.61 Å². The molecule has 5 atom stereocenters. The first-order valence-electron chi connectivity index (χ1n) is 8.04. The van der Waals surface area contributed by atoms with Crippen LogP contribution in [-0.4, -0.2) is 57.7 Å². The number of hydrogen-bond donors (Lipinski definition) is 4. The van der Waals surface area contributed by atoms with Gasteiger partial charge in [-0.2, -0.15) is 0 Å². The number of rotatable bonds is 6. The van der Waals surface area contributed by atoms with E-state index in [1.165, 1.54) is 0 Å². The number of benzene rings is 1. The number of ether oxygens (including phenoxy) is 2. The lowest BCUT2D eigenvalue weighted by molar-refractivity contribution is -0.277. The summed E-state index contributed by atoms with van der Waals surface area (Å²) in [6.45, 7) is 5.08. The Labute approximate surface area is 147 Å². The Morgan fingerprint density at radius 1 is 1.16 bits per heavy atom. The lowest BCUT2D eigenvalue weighted by Gasteiger charge is -2.39. The molecule has 1 aliphatic heterocycles. The molecule has 0 amide bonds. The molecule has 4 N–H and O–H groups in total. The Morgan fingerprint density at radius 2 is 1.84 bits per heavy atom. The zero-order valence-electron chi connectivity index (χ0n) is 14.0. The van der Waals surface area contributed by atoms with E-state index in [0.717, 1.165) is 11.1 Å². The van der Waals surface area contributed by atoms with Crippen LogP contribution in [0, 0.1) is 0 Å². The predicted octanol–water partition coefficient (Wildman–Crippen LogP) is 1.01. The summed E-state index contributed by atoms with van der Waals surface area (Å²) in [5, 5.41) is 38.7. The van der Waals surface area contributed by atoms with Gasteiger partial charge in [0.05, 0.1) is 6.61 Å². The van der Waals surface area contributed by atoms with Crippen molar-refractivity contribution in [2.45, 2.75) is 37.6 Å². The molecule has 1 aromatic carbocycles. The maximum Gasteiger partial charge on any atom is 0.229 e. The summed E-state index contributed by atoms with van der Waals surface area (Å²) in [5.41, 5.74) is 1.99. The van der Waals surface area contributed by atoms with Crippen LogP contribution in [0.2, 0.25) is 0 Å². The van der Waals surface area contributed by atoms with Crippen molar-refractivity contribution in [2.24, 2.45) is 0 Å². The van der Waals surface area contributed by atoms with Crippen molar-refractivity contribution >= 4 is 5.57 Å². The molecule has 1 heterocycles. The molecule has 136 valence electrons. The molecule has 0 saturated carbocycles. The van der Waals surface area contributed by atoms with Gasteiger partial charge in [-0.25, -0.2) is 0 Å². The maximum atomic E-state index is 9.99. The van der Waals surface area contributed by atoms with E-state index in [1.807, 2.05) is 37.3 Å². The third-order valence-corrected chi connectivity index (χ3v) is 4.01.